The van der Waals surface area contributed by atoms with Gasteiger partial charge in [0.15, 0.2) is 0 Å². The van der Waals surface area contributed by atoms with Crippen LogP contribution in [-0.2, 0) is 19.1 Å². The molecule has 2 N–H and O–H groups in total. The summed E-state index contributed by atoms with van der Waals surface area (Å²) in [6.45, 7) is 3.36. The fourth-order valence-electron chi connectivity index (χ4n) is 5.20. The Kier molecular flexibility index (Phi) is 2.74. The number of hydrogen-bond donors (Lipinski definition) is 2. The first-order valence-electron chi connectivity index (χ1n) is 7.07. The van der Waals surface area contributed by atoms with E-state index in [1.54, 1.807) is 0 Å². The van der Waals surface area contributed by atoms with Gasteiger partial charge in [-0.3, -0.25) is 9.59 Å². The van der Waals surface area contributed by atoms with Gasteiger partial charge < -0.3 is 14.9 Å². The third-order valence-corrected chi connectivity index (χ3v) is 5.41. The Morgan fingerprint density at radius 3 is 1.95 bits per heavy atom. The number of rotatable bonds is 4. The van der Waals surface area contributed by atoms with Gasteiger partial charge in [0.25, 0.3) is 0 Å². The summed E-state index contributed by atoms with van der Waals surface area (Å²) in [5, 5.41) is 19.3. The highest BCUT2D eigenvalue weighted by molar-refractivity contribution is 5.83. The summed E-state index contributed by atoms with van der Waals surface area (Å²) < 4.78 is 5.47. The lowest BCUT2D eigenvalue weighted by atomic mass is 9.42. The highest BCUT2D eigenvalue weighted by atomic mass is 16.6. The summed E-state index contributed by atoms with van der Waals surface area (Å²) in [5.74, 6) is -2.59. The molecule has 0 aliphatic heterocycles. The van der Waals surface area contributed by atoms with Crippen molar-refractivity contribution in [2.45, 2.75) is 44.1 Å². The van der Waals surface area contributed by atoms with Gasteiger partial charge in [-0.2, -0.15) is 0 Å². The van der Waals surface area contributed by atoms with Gasteiger partial charge in [0.1, 0.15) is 5.60 Å². The van der Waals surface area contributed by atoms with E-state index in [1.807, 2.05) is 0 Å². The van der Waals surface area contributed by atoms with Gasteiger partial charge in [0.05, 0.1) is 10.8 Å². The smallest absolute Gasteiger partial charge is 0.330 e. The van der Waals surface area contributed by atoms with Crippen LogP contribution in [0.3, 0.4) is 0 Å². The van der Waals surface area contributed by atoms with Gasteiger partial charge in [-0.25, -0.2) is 4.79 Å². The highest BCUT2D eigenvalue weighted by Gasteiger charge is 2.69. The standard InChI is InChI=1S/C15H18O6/c1-2-10(16)21-15-5-9-3-13(7-15,11(17)18)6-14(4-9,8-15)12(19)20/h2,9H,1,3-8H2,(H,17,18)(H,19,20). The number of carbonyl (C=O) groups is 3. The van der Waals surface area contributed by atoms with Gasteiger partial charge in [0, 0.05) is 18.9 Å². The van der Waals surface area contributed by atoms with Crippen molar-refractivity contribution in [3.8, 4) is 0 Å². The van der Waals surface area contributed by atoms with Crippen molar-refractivity contribution in [2.24, 2.45) is 16.7 Å². The van der Waals surface area contributed by atoms with E-state index in [0.717, 1.165) is 6.08 Å². The minimum absolute atomic E-state index is 0.0222. The summed E-state index contributed by atoms with van der Waals surface area (Å²) in [7, 11) is 0. The van der Waals surface area contributed by atoms with E-state index in [2.05, 4.69) is 6.58 Å². The lowest BCUT2D eigenvalue weighted by molar-refractivity contribution is -0.229. The Morgan fingerprint density at radius 1 is 1.00 bits per heavy atom. The highest BCUT2D eigenvalue weighted by Crippen LogP contribution is 2.67. The molecule has 2 unspecified atom stereocenters. The normalized spacial score (nSPS) is 43.3. The Bertz CT molecular complexity index is 520. The number of carbonyl (C=O) groups excluding carboxylic acids is 1. The predicted octanol–water partition coefficient (Wildman–Crippen LogP) is 1.59. The molecule has 0 saturated heterocycles. The van der Waals surface area contributed by atoms with Crippen LogP contribution in [0.4, 0.5) is 0 Å². The molecule has 0 amide bonds. The van der Waals surface area contributed by atoms with Crippen LogP contribution in [0.1, 0.15) is 38.5 Å². The Morgan fingerprint density at radius 2 is 1.52 bits per heavy atom. The quantitative estimate of drug-likeness (QED) is 0.603. The van der Waals surface area contributed by atoms with Crippen LogP contribution in [0.5, 0.6) is 0 Å². The molecule has 21 heavy (non-hydrogen) atoms. The van der Waals surface area contributed by atoms with Crippen molar-refractivity contribution in [1.29, 1.82) is 0 Å². The molecule has 4 rings (SSSR count). The fraction of sp³-hybridized carbons (Fsp3) is 0.667. The third-order valence-electron chi connectivity index (χ3n) is 5.41. The first kappa shape index (κ1) is 14.1. The largest absolute Gasteiger partial charge is 0.481 e. The maximum absolute atomic E-state index is 11.8. The van der Waals surface area contributed by atoms with Crippen LogP contribution in [-0.4, -0.2) is 33.7 Å². The van der Waals surface area contributed by atoms with Crippen molar-refractivity contribution < 1.29 is 29.3 Å². The second kappa shape index (κ2) is 4.08. The van der Waals surface area contributed by atoms with Gasteiger partial charge >= 0.3 is 17.9 Å². The monoisotopic (exact) mass is 294 g/mol. The molecule has 6 heteroatoms. The van der Waals surface area contributed by atoms with E-state index in [0.29, 0.717) is 19.3 Å². The van der Waals surface area contributed by atoms with E-state index >= 15 is 0 Å². The molecular weight excluding hydrogens is 276 g/mol. The molecule has 4 aliphatic rings. The SMILES string of the molecule is C=CC(=O)OC12CC3CC(C(=O)O)(C1)CC(C(=O)O)(C3)C2. The molecule has 4 saturated carbocycles. The summed E-state index contributed by atoms with van der Waals surface area (Å²) >= 11 is 0. The molecule has 0 aromatic rings. The third kappa shape index (κ3) is 1.88. The molecule has 0 spiro atoms. The number of ether oxygens (including phenoxy) is 1. The van der Waals surface area contributed by atoms with Crippen molar-refractivity contribution >= 4 is 17.9 Å². The van der Waals surface area contributed by atoms with Gasteiger partial charge in [-0.1, -0.05) is 6.58 Å². The number of esters is 1. The Labute approximate surface area is 121 Å². The second-order valence-corrected chi connectivity index (χ2v) is 6.99. The molecule has 0 aromatic heterocycles. The van der Waals surface area contributed by atoms with Crippen molar-refractivity contribution in [3.63, 3.8) is 0 Å². The minimum atomic E-state index is -1.08. The van der Waals surface area contributed by atoms with Crippen molar-refractivity contribution in [1.82, 2.24) is 0 Å². The summed E-state index contributed by atoms with van der Waals surface area (Å²) in [6, 6.07) is 0. The van der Waals surface area contributed by atoms with Gasteiger partial charge in [0.2, 0.25) is 0 Å². The molecule has 114 valence electrons. The molecule has 4 fully saturated rings. The first-order chi connectivity index (χ1) is 9.75. The first-order valence-corrected chi connectivity index (χ1v) is 7.07. The molecule has 4 aliphatic carbocycles. The average Bonchev–Trinajstić information content (AvgIpc) is 2.36. The van der Waals surface area contributed by atoms with Gasteiger partial charge in [-0.05, 0) is 31.6 Å². The zero-order valence-corrected chi connectivity index (χ0v) is 11.6. The molecule has 6 nitrogen and oxygen atoms in total. The van der Waals surface area contributed by atoms with Crippen LogP contribution in [0.25, 0.3) is 0 Å². The molecule has 4 bridgehead atoms. The van der Waals surface area contributed by atoms with Crippen LogP contribution in [0.2, 0.25) is 0 Å². The van der Waals surface area contributed by atoms with Gasteiger partial charge in [-0.15, -0.1) is 0 Å². The topological polar surface area (TPSA) is 101 Å². The second-order valence-electron chi connectivity index (χ2n) is 6.99. The van der Waals surface area contributed by atoms with Crippen LogP contribution in [0.15, 0.2) is 12.7 Å². The number of aliphatic carboxylic acids is 2. The number of carboxylic acid groups (broad SMARTS) is 2. The molecule has 0 aromatic carbocycles. The zero-order chi connectivity index (χ0) is 15.5. The lowest BCUT2D eigenvalue weighted by Crippen LogP contribution is -2.65. The molecule has 0 radical (unpaired) electrons. The molecular formula is C15H18O6. The van der Waals surface area contributed by atoms with Crippen LogP contribution in [0, 0.1) is 16.7 Å². The average molecular weight is 294 g/mol. The van der Waals surface area contributed by atoms with Crippen molar-refractivity contribution in [3.05, 3.63) is 12.7 Å². The van der Waals surface area contributed by atoms with E-state index in [-0.39, 0.29) is 25.2 Å². The van der Waals surface area contributed by atoms with E-state index < -0.39 is 34.3 Å². The van der Waals surface area contributed by atoms with E-state index in [9.17, 15) is 24.6 Å². The summed E-state index contributed by atoms with van der Waals surface area (Å²) in [6.07, 6.45) is 3.10. The lowest BCUT2D eigenvalue weighted by Gasteiger charge is -2.62. The Hall–Kier alpha value is -1.85. The maximum atomic E-state index is 11.8. The Balaban J connectivity index is 2.04. The van der Waals surface area contributed by atoms with E-state index in [4.69, 9.17) is 4.74 Å². The molecule has 2 atom stereocenters. The zero-order valence-electron chi connectivity index (χ0n) is 11.6. The van der Waals surface area contributed by atoms with E-state index in [1.165, 1.54) is 0 Å². The van der Waals surface area contributed by atoms with Crippen LogP contribution >= 0.6 is 0 Å². The maximum Gasteiger partial charge on any atom is 0.330 e. The number of hydrogen-bond acceptors (Lipinski definition) is 4. The van der Waals surface area contributed by atoms with Crippen molar-refractivity contribution in [2.75, 3.05) is 0 Å². The predicted molar refractivity (Wildman–Crippen MR) is 70.3 cm³/mol. The van der Waals surface area contributed by atoms with Crippen LogP contribution < -0.4 is 0 Å². The molecule has 0 heterocycles. The minimum Gasteiger partial charge on any atom is -0.481 e. The fourth-order valence-corrected chi connectivity index (χ4v) is 5.20. The summed E-state index contributed by atoms with van der Waals surface area (Å²) in [5.41, 5.74) is -3.14. The summed E-state index contributed by atoms with van der Waals surface area (Å²) in [4.78, 5) is 35.1. The number of carboxylic acids is 2.